The minimum absolute atomic E-state index is 0.0567. The summed E-state index contributed by atoms with van der Waals surface area (Å²) in [6.07, 6.45) is 7.31. The highest BCUT2D eigenvalue weighted by Gasteiger charge is 2.15. The molecule has 0 spiro atoms. The number of hydrogen-bond donors (Lipinski definition) is 1. The maximum absolute atomic E-state index is 12.2. The molecule has 3 rings (SSSR count). The van der Waals surface area contributed by atoms with Crippen LogP contribution in [0, 0.1) is 10.1 Å². The van der Waals surface area contributed by atoms with E-state index in [0.29, 0.717) is 5.56 Å². The first-order valence-corrected chi connectivity index (χ1v) is 7.99. The maximum Gasteiger partial charge on any atom is 0.271 e. The van der Waals surface area contributed by atoms with E-state index in [-0.39, 0.29) is 5.69 Å². The van der Waals surface area contributed by atoms with Crippen LogP contribution in [0.3, 0.4) is 0 Å². The summed E-state index contributed by atoms with van der Waals surface area (Å²) in [5.41, 5.74) is 4.68. The molecule has 0 saturated heterocycles. The molecule has 1 aromatic carbocycles. The Bertz CT molecular complexity index is 821. The predicted molar refractivity (Wildman–Crippen MR) is 93.2 cm³/mol. The van der Waals surface area contributed by atoms with Crippen LogP contribution in [0.4, 0.5) is 5.69 Å². The van der Waals surface area contributed by atoms with Gasteiger partial charge in [0, 0.05) is 17.7 Å². The van der Waals surface area contributed by atoms with Crippen molar-refractivity contribution in [1.29, 1.82) is 0 Å². The Balaban J connectivity index is 1.72. The molecular formula is C18H17N3O4. The standard InChI is InChI=1S/C18H17N3O4/c22-18(13-7-9-15(10-8-13)21(23)24)20-19-17-6-2-1-4-14(17)12-16-5-3-11-25-16/h3,5,7-12H,1-2,4,6H2,(H,20,22)/b14-12+,19-17+. The molecule has 0 bridgehead atoms. The molecule has 25 heavy (non-hydrogen) atoms. The molecule has 0 unspecified atom stereocenters. The quantitative estimate of drug-likeness (QED) is 0.674. The van der Waals surface area contributed by atoms with Crippen molar-refractivity contribution in [2.24, 2.45) is 5.10 Å². The number of carbonyl (C=O) groups excluding carboxylic acids is 1. The molecule has 128 valence electrons. The van der Waals surface area contributed by atoms with Crippen LogP contribution in [-0.4, -0.2) is 16.5 Å². The summed E-state index contributed by atoms with van der Waals surface area (Å²) in [5.74, 6) is 0.358. The normalized spacial score (nSPS) is 17.6. The molecule has 0 radical (unpaired) electrons. The van der Waals surface area contributed by atoms with Crippen molar-refractivity contribution in [2.75, 3.05) is 0 Å². The number of furan rings is 1. The number of benzene rings is 1. The Hall–Kier alpha value is -3.22. The van der Waals surface area contributed by atoms with Gasteiger partial charge in [-0.05, 0) is 61.6 Å². The maximum atomic E-state index is 12.2. The van der Waals surface area contributed by atoms with Crippen LogP contribution in [0.15, 0.2) is 57.8 Å². The molecule has 7 heteroatoms. The summed E-state index contributed by atoms with van der Waals surface area (Å²) < 4.78 is 5.34. The number of amides is 1. The summed E-state index contributed by atoms with van der Waals surface area (Å²) in [6, 6.07) is 9.11. The molecule has 1 heterocycles. The third kappa shape index (κ3) is 4.20. The summed E-state index contributed by atoms with van der Waals surface area (Å²) in [5, 5.41) is 14.9. The Morgan fingerprint density at radius 3 is 2.64 bits per heavy atom. The van der Waals surface area contributed by atoms with Gasteiger partial charge in [0.1, 0.15) is 5.76 Å². The van der Waals surface area contributed by atoms with Gasteiger partial charge in [0.25, 0.3) is 11.6 Å². The van der Waals surface area contributed by atoms with Crippen molar-refractivity contribution in [2.45, 2.75) is 25.7 Å². The topological polar surface area (TPSA) is 97.7 Å². The molecule has 0 aliphatic heterocycles. The first-order chi connectivity index (χ1) is 12.1. The third-order valence-electron chi connectivity index (χ3n) is 3.97. The van der Waals surface area contributed by atoms with E-state index in [1.807, 2.05) is 18.2 Å². The van der Waals surface area contributed by atoms with E-state index in [1.165, 1.54) is 24.3 Å². The fourth-order valence-electron chi connectivity index (χ4n) is 2.66. The smallest absolute Gasteiger partial charge is 0.271 e. The fourth-order valence-corrected chi connectivity index (χ4v) is 2.66. The van der Waals surface area contributed by atoms with Crippen LogP contribution in [0.5, 0.6) is 0 Å². The molecule has 1 N–H and O–H groups in total. The first kappa shape index (κ1) is 16.6. The van der Waals surface area contributed by atoms with Crippen LogP contribution < -0.4 is 5.43 Å². The monoisotopic (exact) mass is 339 g/mol. The van der Waals surface area contributed by atoms with Crippen LogP contribution in [-0.2, 0) is 0 Å². The van der Waals surface area contributed by atoms with Crippen LogP contribution in [0.1, 0.15) is 41.8 Å². The number of hydrogen-bond acceptors (Lipinski definition) is 5. The second-order valence-corrected chi connectivity index (χ2v) is 5.70. The number of allylic oxidation sites excluding steroid dienone is 1. The molecule has 1 aliphatic rings. The molecule has 0 atom stereocenters. The van der Waals surface area contributed by atoms with Crippen molar-refractivity contribution in [3.05, 3.63) is 69.7 Å². The second-order valence-electron chi connectivity index (χ2n) is 5.70. The van der Waals surface area contributed by atoms with Crippen molar-refractivity contribution >= 4 is 23.4 Å². The number of hydrazone groups is 1. The average Bonchev–Trinajstić information content (AvgIpc) is 3.14. The van der Waals surface area contributed by atoms with E-state index in [1.54, 1.807) is 6.26 Å². The fraction of sp³-hybridized carbons (Fsp3) is 0.222. The van der Waals surface area contributed by atoms with Gasteiger partial charge in [0.05, 0.1) is 16.9 Å². The van der Waals surface area contributed by atoms with E-state index in [2.05, 4.69) is 10.5 Å². The SMILES string of the molecule is O=C(N/N=C1\CCCC\C1=C/c1ccco1)c1ccc([N+](=O)[O-])cc1. The van der Waals surface area contributed by atoms with Gasteiger partial charge in [-0.25, -0.2) is 5.43 Å². The number of carbonyl (C=O) groups is 1. The molecule has 7 nitrogen and oxygen atoms in total. The zero-order chi connectivity index (χ0) is 17.6. The number of nitrogens with zero attached hydrogens (tertiary/aromatic N) is 2. The van der Waals surface area contributed by atoms with Gasteiger partial charge in [0.15, 0.2) is 0 Å². The first-order valence-electron chi connectivity index (χ1n) is 7.99. The molecule has 1 aliphatic carbocycles. The van der Waals surface area contributed by atoms with E-state index >= 15 is 0 Å². The summed E-state index contributed by atoms with van der Waals surface area (Å²) in [7, 11) is 0. The van der Waals surface area contributed by atoms with Gasteiger partial charge in [0.2, 0.25) is 0 Å². The van der Waals surface area contributed by atoms with Crippen molar-refractivity contribution in [3.8, 4) is 0 Å². The van der Waals surface area contributed by atoms with Gasteiger partial charge in [-0.15, -0.1) is 0 Å². The highest BCUT2D eigenvalue weighted by Crippen LogP contribution is 2.23. The van der Waals surface area contributed by atoms with E-state index in [4.69, 9.17) is 4.42 Å². The average molecular weight is 339 g/mol. The highest BCUT2D eigenvalue weighted by atomic mass is 16.6. The van der Waals surface area contributed by atoms with E-state index in [0.717, 1.165) is 42.7 Å². The van der Waals surface area contributed by atoms with Gasteiger partial charge in [-0.1, -0.05) is 0 Å². The third-order valence-corrected chi connectivity index (χ3v) is 3.97. The predicted octanol–water partition coefficient (Wildman–Crippen LogP) is 3.93. The molecule has 2 aromatic rings. The Morgan fingerprint density at radius 2 is 1.96 bits per heavy atom. The molecule has 1 amide bonds. The lowest BCUT2D eigenvalue weighted by Gasteiger charge is -2.16. The van der Waals surface area contributed by atoms with Crippen molar-refractivity contribution in [3.63, 3.8) is 0 Å². The van der Waals surface area contributed by atoms with Gasteiger partial charge < -0.3 is 4.42 Å². The zero-order valence-corrected chi connectivity index (χ0v) is 13.5. The highest BCUT2D eigenvalue weighted by molar-refractivity contribution is 6.05. The number of non-ortho nitro benzene ring substituents is 1. The molecule has 1 aromatic heterocycles. The van der Waals surface area contributed by atoms with E-state index in [9.17, 15) is 14.9 Å². The summed E-state index contributed by atoms with van der Waals surface area (Å²) in [6.45, 7) is 0. The minimum atomic E-state index is -0.504. The van der Waals surface area contributed by atoms with E-state index < -0.39 is 10.8 Å². The number of nitro groups is 1. The zero-order valence-electron chi connectivity index (χ0n) is 13.5. The lowest BCUT2D eigenvalue weighted by molar-refractivity contribution is -0.384. The second kappa shape index (κ2) is 7.57. The lowest BCUT2D eigenvalue weighted by atomic mass is 9.92. The molecular weight excluding hydrogens is 322 g/mol. The van der Waals surface area contributed by atoms with Crippen molar-refractivity contribution < 1.29 is 14.1 Å². The van der Waals surface area contributed by atoms with Crippen LogP contribution >= 0.6 is 0 Å². The molecule has 1 saturated carbocycles. The number of rotatable bonds is 4. The Labute approximate surface area is 144 Å². The van der Waals surface area contributed by atoms with Crippen LogP contribution in [0.2, 0.25) is 0 Å². The Morgan fingerprint density at radius 1 is 1.20 bits per heavy atom. The summed E-state index contributed by atoms with van der Waals surface area (Å²) in [4.78, 5) is 22.3. The van der Waals surface area contributed by atoms with Crippen molar-refractivity contribution in [1.82, 2.24) is 5.43 Å². The summed E-state index contributed by atoms with van der Waals surface area (Å²) >= 11 is 0. The van der Waals surface area contributed by atoms with Gasteiger partial charge in [-0.3, -0.25) is 14.9 Å². The molecule has 1 fully saturated rings. The number of nitrogens with one attached hydrogen (secondary N) is 1. The minimum Gasteiger partial charge on any atom is -0.465 e. The lowest BCUT2D eigenvalue weighted by Crippen LogP contribution is -2.21. The Kier molecular flexibility index (Phi) is 5.03. The van der Waals surface area contributed by atoms with Crippen LogP contribution in [0.25, 0.3) is 6.08 Å². The number of nitro benzene ring substituents is 1. The largest absolute Gasteiger partial charge is 0.465 e. The van der Waals surface area contributed by atoms with Gasteiger partial charge >= 0.3 is 0 Å². The van der Waals surface area contributed by atoms with Gasteiger partial charge in [-0.2, -0.15) is 5.10 Å².